The van der Waals surface area contributed by atoms with E-state index < -0.39 is 0 Å². The first-order valence-electron chi connectivity index (χ1n) is 10.4. The van der Waals surface area contributed by atoms with Gasteiger partial charge in [-0.3, -0.25) is 0 Å². The average Bonchev–Trinajstić information content (AvgIpc) is 2.72. The van der Waals surface area contributed by atoms with E-state index in [1.165, 1.54) is 5.56 Å². The third kappa shape index (κ3) is 13.5. The van der Waals surface area contributed by atoms with Crippen molar-refractivity contribution in [2.75, 3.05) is 46.7 Å². The molecule has 6 nitrogen and oxygen atoms in total. The zero-order valence-electron chi connectivity index (χ0n) is 17.5. The molecule has 0 spiro atoms. The summed E-state index contributed by atoms with van der Waals surface area (Å²) in [5.74, 6) is 0. The topological polar surface area (TPSA) is 66.0 Å². The van der Waals surface area contributed by atoms with E-state index >= 15 is 0 Å². The maximum atomic E-state index is 11.7. The van der Waals surface area contributed by atoms with Crippen LogP contribution in [-0.4, -0.2) is 58.9 Å². The van der Waals surface area contributed by atoms with Crippen molar-refractivity contribution in [2.45, 2.75) is 51.6 Å². The van der Waals surface area contributed by atoms with E-state index in [1.54, 1.807) is 7.11 Å². The molecule has 1 atom stereocenters. The molecule has 0 aliphatic carbocycles. The first kappa shape index (κ1) is 24.4. The summed E-state index contributed by atoms with van der Waals surface area (Å²) in [4.78, 5) is 11.7. The molecular formula is C22H37NO5. The van der Waals surface area contributed by atoms with E-state index in [4.69, 9.17) is 18.9 Å². The summed E-state index contributed by atoms with van der Waals surface area (Å²) in [7, 11) is 1.66. The zero-order chi connectivity index (χ0) is 20.3. The summed E-state index contributed by atoms with van der Waals surface area (Å²) in [6, 6.07) is 10.4. The summed E-state index contributed by atoms with van der Waals surface area (Å²) < 4.78 is 21.5. The van der Waals surface area contributed by atoms with Crippen LogP contribution in [0, 0.1) is 0 Å². The fourth-order valence-electron chi connectivity index (χ4n) is 2.69. The van der Waals surface area contributed by atoms with Crippen LogP contribution in [0.25, 0.3) is 0 Å². The molecule has 1 rings (SSSR count). The van der Waals surface area contributed by atoms with Gasteiger partial charge in [-0.1, -0.05) is 50.1 Å². The molecule has 1 unspecified atom stereocenters. The number of alkyl carbamates (subject to hydrolysis) is 1. The van der Waals surface area contributed by atoms with E-state index in [-0.39, 0.29) is 18.8 Å². The van der Waals surface area contributed by atoms with Crippen LogP contribution in [0.3, 0.4) is 0 Å². The van der Waals surface area contributed by atoms with Crippen LogP contribution in [0.15, 0.2) is 30.3 Å². The summed E-state index contributed by atoms with van der Waals surface area (Å²) >= 11 is 0. The van der Waals surface area contributed by atoms with Crippen molar-refractivity contribution in [1.82, 2.24) is 5.32 Å². The van der Waals surface area contributed by atoms with Gasteiger partial charge >= 0.3 is 6.09 Å². The molecule has 1 aromatic rings. The quantitative estimate of drug-likeness (QED) is 0.404. The highest BCUT2D eigenvalue weighted by Gasteiger charge is 2.09. The molecule has 0 heterocycles. The molecule has 28 heavy (non-hydrogen) atoms. The third-order valence-corrected chi connectivity index (χ3v) is 4.29. The van der Waals surface area contributed by atoms with Crippen LogP contribution in [-0.2, 0) is 25.4 Å². The molecular weight excluding hydrogens is 358 g/mol. The van der Waals surface area contributed by atoms with Crippen molar-refractivity contribution in [2.24, 2.45) is 0 Å². The van der Waals surface area contributed by atoms with Crippen molar-refractivity contribution in [3.63, 3.8) is 0 Å². The second-order valence-corrected chi connectivity index (χ2v) is 6.71. The minimum atomic E-state index is -0.387. The molecule has 0 saturated carbocycles. The minimum absolute atomic E-state index is 0.0635. The molecule has 1 amide bonds. The predicted molar refractivity (Wildman–Crippen MR) is 111 cm³/mol. The van der Waals surface area contributed by atoms with E-state index in [2.05, 4.69) is 24.4 Å². The minimum Gasteiger partial charge on any atom is -0.447 e. The number of carbonyl (C=O) groups is 1. The highest BCUT2D eigenvalue weighted by atomic mass is 16.6. The Morgan fingerprint density at radius 3 is 2.61 bits per heavy atom. The van der Waals surface area contributed by atoms with E-state index in [1.807, 2.05) is 18.2 Å². The van der Waals surface area contributed by atoms with Gasteiger partial charge in [0.15, 0.2) is 0 Å². The van der Waals surface area contributed by atoms with Gasteiger partial charge in [0.2, 0.25) is 0 Å². The first-order chi connectivity index (χ1) is 13.8. The Morgan fingerprint density at radius 1 is 1.04 bits per heavy atom. The van der Waals surface area contributed by atoms with Crippen LogP contribution in [0.1, 0.15) is 44.6 Å². The Bertz CT molecular complexity index is 483. The third-order valence-electron chi connectivity index (χ3n) is 4.29. The largest absolute Gasteiger partial charge is 0.447 e. The number of hydrogen-bond acceptors (Lipinski definition) is 5. The number of ether oxygens (including phenoxy) is 4. The Labute approximate surface area is 169 Å². The molecule has 1 aromatic carbocycles. The number of unbranched alkanes of at least 4 members (excludes halogenated alkanes) is 2. The molecule has 0 aromatic heterocycles. The molecule has 0 aliphatic rings. The van der Waals surface area contributed by atoms with Crippen molar-refractivity contribution in [3.8, 4) is 0 Å². The normalized spacial score (nSPS) is 11.9. The maximum Gasteiger partial charge on any atom is 0.407 e. The van der Waals surface area contributed by atoms with E-state index in [9.17, 15) is 4.79 Å². The van der Waals surface area contributed by atoms with Crippen molar-refractivity contribution in [3.05, 3.63) is 35.9 Å². The van der Waals surface area contributed by atoms with Gasteiger partial charge in [-0.05, 0) is 31.2 Å². The second-order valence-electron chi connectivity index (χ2n) is 6.71. The lowest BCUT2D eigenvalue weighted by molar-refractivity contribution is -0.0423. The predicted octanol–water partition coefficient (Wildman–Crippen LogP) is 3.97. The van der Waals surface area contributed by atoms with Gasteiger partial charge in [0.1, 0.15) is 6.61 Å². The summed E-state index contributed by atoms with van der Waals surface area (Å²) in [6.45, 7) is 5.05. The number of rotatable bonds is 17. The number of benzene rings is 1. The molecule has 1 N–H and O–H groups in total. The number of aryl methyl sites for hydroxylation is 1. The van der Waals surface area contributed by atoms with Gasteiger partial charge < -0.3 is 24.3 Å². The van der Waals surface area contributed by atoms with Gasteiger partial charge in [0.25, 0.3) is 0 Å². The first-order valence-corrected chi connectivity index (χ1v) is 10.4. The van der Waals surface area contributed by atoms with Gasteiger partial charge in [-0.25, -0.2) is 4.79 Å². The van der Waals surface area contributed by atoms with Gasteiger partial charge in [0.05, 0.1) is 32.5 Å². The Morgan fingerprint density at radius 2 is 1.86 bits per heavy atom. The van der Waals surface area contributed by atoms with E-state index in [0.717, 1.165) is 38.5 Å². The number of nitrogens with one attached hydrogen (secondary N) is 1. The van der Waals surface area contributed by atoms with Crippen LogP contribution in [0.4, 0.5) is 4.79 Å². The Balaban J connectivity index is 1.99. The fraction of sp³-hybridized carbons (Fsp3) is 0.682. The number of methoxy groups -OCH3 is 1. The van der Waals surface area contributed by atoms with Gasteiger partial charge in [-0.15, -0.1) is 0 Å². The van der Waals surface area contributed by atoms with E-state index in [0.29, 0.717) is 33.0 Å². The van der Waals surface area contributed by atoms with Crippen LogP contribution < -0.4 is 5.32 Å². The number of amides is 1. The number of hydrogen-bond donors (Lipinski definition) is 1. The highest BCUT2D eigenvalue weighted by molar-refractivity contribution is 5.66. The van der Waals surface area contributed by atoms with Gasteiger partial charge in [0, 0.05) is 13.7 Å². The van der Waals surface area contributed by atoms with Crippen molar-refractivity contribution < 1.29 is 23.7 Å². The fourth-order valence-corrected chi connectivity index (χ4v) is 2.69. The SMILES string of the molecule is CCCCC(COCCOC(=O)NCCCCc1ccccc1)OCCOC. The smallest absolute Gasteiger partial charge is 0.407 e. The lowest BCUT2D eigenvalue weighted by Crippen LogP contribution is -2.27. The van der Waals surface area contributed by atoms with Gasteiger partial charge in [-0.2, -0.15) is 0 Å². The molecule has 0 saturated heterocycles. The number of carbonyl (C=O) groups excluding carboxylic acids is 1. The average molecular weight is 396 g/mol. The summed E-state index contributed by atoms with van der Waals surface area (Å²) in [6.07, 6.45) is 5.86. The highest BCUT2D eigenvalue weighted by Crippen LogP contribution is 2.06. The monoisotopic (exact) mass is 395 g/mol. The lowest BCUT2D eigenvalue weighted by Gasteiger charge is -2.17. The molecule has 0 bridgehead atoms. The molecule has 0 aliphatic heterocycles. The maximum absolute atomic E-state index is 11.7. The second kappa shape index (κ2) is 17.5. The Hall–Kier alpha value is -1.63. The Kier molecular flexibility index (Phi) is 15.2. The molecule has 0 fully saturated rings. The van der Waals surface area contributed by atoms with Crippen molar-refractivity contribution >= 4 is 6.09 Å². The molecule has 6 heteroatoms. The van der Waals surface area contributed by atoms with Crippen LogP contribution in [0.2, 0.25) is 0 Å². The zero-order valence-corrected chi connectivity index (χ0v) is 17.5. The van der Waals surface area contributed by atoms with Crippen LogP contribution >= 0.6 is 0 Å². The molecule has 0 radical (unpaired) electrons. The van der Waals surface area contributed by atoms with Crippen LogP contribution in [0.5, 0.6) is 0 Å². The standard InChI is InChI=1S/C22H37NO5/c1-3-4-13-21(27-17-15-25-2)19-26-16-18-28-22(24)23-14-9-8-12-20-10-6-5-7-11-20/h5-7,10-11,21H,3-4,8-9,12-19H2,1-2H3,(H,23,24). The summed E-state index contributed by atoms with van der Waals surface area (Å²) in [5, 5.41) is 2.78. The molecule has 160 valence electrons. The summed E-state index contributed by atoms with van der Waals surface area (Å²) in [5.41, 5.74) is 1.32. The lowest BCUT2D eigenvalue weighted by atomic mass is 10.1. The van der Waals surface area contributed by atoms with Crippen molar-refractivity contribution in [1.29, 1.82) is 0 Å².